The van der Waals surface area contributed by atoms with Gasteiger partial charge in [0.05, 0.1) is 37.6 Å². The SMILES string of the molecule is C=C1C2CC3(C)C(c4ccoc4)OC(=O)CC13OC1C(O)C(OC(=O)C=Cc3ccccc3)C(C)(C)C3C(C(=O)OC)OC2(O)C13C. The monoisotopic (exact) mass is 648 g/mol. The Morgan fingerprint density at radius 2 is 1.81 bits per heavy atom. The first-order chi connectivity index (χ1) is 22.2. The Morgan fingerprint density at radius 3 is 2.47 bits per heavy atom. The van der Waals surface area contributed by atoms with Crippen molar-refractivity contribution in [1.82, 2.24) is 0 Å². The molecule has 47 heavy (non-hydrogen) atoms. The first kappa shape index (κ1) is 31.8. The number of esters is 3. The summed E-state index contributed by atoms with van der Waals surface area (Å²) in [6.45, 7) is 11.5. The lowest BCUT2D eigenvalue weighted by atomic mass is 9.49. The third kappa shape index (κ3) is 4.03. The van der Waals surface area contributed by atoms with Crippen LogP contribution in [0.4, 0.5) is 0 Å². The molecule has 4 heterocycles. The molecule has 11 nitrogen and oxygen atoms in total. The van der Waals surface area contributed by atoms with Gasteiger partial charge in [0.1, 0.15) is 23.9 Å². The lowest BCUT2D eigenvalue weighted by molar-refractivity contribution is -0.336. The Balaban J connectivity index is 1.37. The predicted molar refractivity (Wildman–Crippen MR) is 164 cm³/mol. The van der Waals surface area contributed by atoms with Crippen LogP contribution in [-0.4, -0.2) is 71.0 Å². The highest BCUT2D eigenvalue weighted by molar-refractivity contribution is 5.87. The highest BCUT2D eigenvalue weighted by Crippen LogP contribution is 2.76. The summed E-state index contributed by atoms with van der Waals surface area (Å²) in [5.41, 5.74) is -3.30. The van der Waals surface area contributed by atoms with Gasteiger partial charge in [-0.1, -0.05) is 64.6 Å². The van der Waals surface area contributed by atoms with Crippen molar-refractivity contribution in [1.29, 1.82) is 0 Å². The summed E-state index contributed by atoms with van der Waals surface area (Å²) in [4.78, 5) is 40.2. The summed E-state index contributed by atoms with van der Waals surface area (Å²) in [7, 11) is 1.23. The van der Waals surface area contributed by atoms with E-state index < -0.39 is 87.9 Å². The first-order valence-corrected chi connectivity index (χ1v) is 15.8. The largest absolute Gasteiger partial charge is 0.472 e. The molecule has 1 aromatic carbocycles. The minimum Gasteiger partial charge on any atom is -0.472 e. The standard InChI is InChI=1S/C36H40O11/c1-19-22-16-33(4)28(21-14-15-43-18-21)45-24(38)17-35(19,33)47-30-25(39)29(44-23(37)13-12-20-10-8-7-9-11-20)32(2,3)27-26(31(40)42-6)46-36(22,41)34(27,30)5/h7-15,18,22,25-30,39,41H,1,16-17H2,2-6H3. The zero-order valence-electron chi connectivity index (χ0n) is 27.0. The molecule has 2 N–H and O–H groups in total. The average molecular weight is 649 g/mol. The van der Waals surface area contributed by atoms with Crippen LogP contribution in [0.5, 0.6) is 0 Å². The second kappa shape index (κ2) is 10.4. The molecular formula is C36H40O11. The molecule has 0 radical (unpaired) electrons. The molecule has 2 bridgehead atoms. The molecule has 0 amide bonds. The van der Waals surface area contributed by atoms with Crippen molar-refractivity contribution in [3.05, 3.63) is 78.3 Å². The molecule has 11 atom stereocenters. The van der Waals surface area contributed by atoms with E-state index in [9.17, 15) is 24.6 Å². The van der Waals surface area contributed by atoms with Gasteiger partial charge in [-0.25, -0.2) is 9.59 Å². The van der Waals surface area contributed by atoms with Gasteiger partial charge in [0.15, 0.2) is 11.9 Å². The molecule has 11 heteroatoms. The van der Waals surface area contributed by atoms with Gasteiger partial charge in [-0.05, 0) is 29.7 Å². The van der Waals surface area contributed by atoms with Crippen LogP contribution in [0.1, 0.15) is 57.8 Å². The van der Waals surface area contributed by atoms with Gasteiger partial charge in [-0.15, -0.1) is 0 Å². The number of hydrogen-bond acceptors (Lipinski definition) is 11. The van der Waals surface area contributed by atoms with E-state index in [0.717, 1.165) is 5.56 Å². The van der Waals surface area contributed by atoms with Gasteiger partial charge >= 0.3 is 17.9 Å². The molecule has 5 fully saturated rings. The Kier molecular flexibility index (Phi) is 7.01. The van der Waals surface area contributed by atoms with Crippen LogP contribution in [0, 0.1) is 28.1 Å². The molecule has 3 saturated heterocycles. The van der Waals surface area contributed by atoms with Crippen LogP contribution < -0.4 is 0 Å². The number of fused-ring (bicyclic) bond motifs is 2. The number of benzene rings is 1. The van der Waals surface area contributed by atoms with E-state index in [-0.39, 0.29) is 12.8 Å². The number of aliphatic hydroxyl groups is 2. The van der Waals surface area contributed by atoms with E-state index in [1.165, 1.54) is 25.7 Å². The van der Waals surface area contributed by atoms with Crippen molar-refractivity contribution in [3.63, 3.8) is 0 Å². The molecule has 1 aromatic heterocycles. The molecule has 3 aliphatic heterocycles. The Labute approximate surface area is 272 Å². The van der Waals surface area contributed by atoms with Crippen LogP contribution in [0.3, 0.4) is 0 Å². The second-order valence-corrected chi connectivity index (χ2v) is 14.6. The number of hydrogen-bond donors (Lipinski definition) is 2. The topological polar surface area (TPSA) is 151 Å². The van der Waals surface area contributed by atoms with E-state index in [1.807, 2.05) is 37.3 Å². The molecule has 2 aromatic rings. The van der Waals surface area contributed by atoms with Gasteiger partial charge in [-0.3, -0.25) is 4.79 Å². The van der Waals surface area contributed by atoms with Crippen molar-refractivity contribution in [2.75, 3.05) is 7.11 Å². The van der Waals surface area contributed by atoms with Crippen molar-refractivity contribution in [3.8, 4) is 0 Å². The number of carbonyl (C=O) groups is 3. The average Bonchev–Trinajstić information content (AvgIpc) is 3.70. The zero-order valence-corrected chi connectivity index (χ0v) is 27.0. The highest BCUT2D eigenvalue weighted by atomic mass is 16.7. The lowest BCUT2D eigenvalue weighted by Gasteiger charge is -2.61. The molecule has 1 spiro atoms. The Morgan fingerprint density at radius 1 is 1.09 bits per heavy atom. The van der Waals surface area contributed by atoms with Crippen molar-refractivity contribution >= 4 is 24.0 Å². The lowest BCUT2D eigenvalue weighted by Crippen LogP contribution is -2.72. The van der Waals surface area contributed by atoms with E-state index in [2.05, 4.69) is 6.58 Å². The maximum atomic E-state index is 13.5. The van der Waals surface area contributed by atoms with E-state index in [0.29, 0.717) is 11.1 Å². The summed E-state index contributed by atoms with van der Waals surface area (Å²) in [6, 6.07) is 10.9. The third-order valence-corrected chi connectivity index (χ3v) is 12.0. The smallest absolute Gasteiger partial charge is 0.335 e. The van der Waals surface area contributed by atoms with Crippen molar-refractivity contribution in [2.45, 2.75) is 82.4 Å². The van der Waals surface area contributed by atoms with Crippen LogP contribution >= 0.6 is 0 Å². The molecular weight excluding hydrogens is 608 g/mol. The number of ether oxygens (including phenoxy) is 5. The van der Waals surface area contributed by atoms with Crippen LogP contribution in [0.15, 0.2) is 71.6 Å². The second-order valence-electron chi connectivity index (χ2n) is 14.6. The number of cyclic esters (lactones) is 1. The molecule has 5 aliphatic rings. The summed E-state index contributed by atoms with van der Waals surface area (Å²) in [5.74, 6) is -5.85. The Hall–Kier alpha value is -3.77. The third-order valence-electron chi connectivity index (χ3n) is 12.0. The van der Waals surface area contributed by atoms with Gasteiger partial charge in [0.25, 0.3) is 0 Å². The quantitative estimate of drug-likeness (QED) is 0.210. The van der Waals surface area contributed by atoms with Gasteiger partial charge in [0.2, 0.25) is 0 Å². The van der Waals surface area contributed by atoms with E-state index >= 15 is 0 Å². The number of aliphatic hydroxyl groups excluding tert-OH is 1. The van der Waals surface area contributed by atoms with Crippen LogP contribution in [-0.2, 0) is 38.1 Å². The normalized spacial score (nSPS) is 43.1. The number of carbonyl (C=O) groups excluding carboxylic acids is 3. The fourth-order valence-corrected chi connectivity index (χ4v) is 9.87. The molecule has 7 rings (SSSR count). The summed E-state index contributed by atoms with van der Waals surface area (Å²) in [5, 5.41) is 25.3. The predicted octanol–water partition coefficient (Wildman–Crippen LogP) is 3.90. The summed E-state index contributed by atoms with van der Waals surface area (Å²) >= 11 is 0. The molecule has 11 unspecified atom stereocenters. The number of furan rings is 1. The maximum Gasteiger partial charge on any atom is 0.335 e. The first-order valence-electron chi connectivity index (χ1n) is 15.8. The minimum atomic E-state index is -2.12. The molecule has 250 valence electrons. The fraction of sp³-hybridized carbons (Fsp3) is 0.528. The van der Waals surface area contributed by atoms with Gasteiger partial charge < -0.3 is 38.3 Å². The molecule has 2 aliphatic carbocycles. The van der Waals surface area contributed by atoms with Crippen molar-refractivity contribution < 1.29 is 52.7 Å². The van der Waals surface area contributed by atoms with Gasteiger partial charge in [-0.2, -0.15) is 0 Å². The minimum absolute atomic E-state index is 0.216. The molecule has 2 saturated carbocycles. The highest BCUT2D eigenvalue weighted by Gasteiger charge is 2.84. The van der Waals surface area contributed by atoms with Crippen molar-refractivity contribution in [2.24, 2.45) is 28.1 Å². The van der Waals surface area contributed by atoms with E-state index in [4.69, 9.17) is 28.1 Å². The fourth-order valence-electron chi connectivity index (χ4n) is 9.87. The van der Waals surface area contributed by atoms with Crippen LogP contribution in [0.25, 0.3) is 6.08 Å². The zero-order chi connectivity index (χ0) is 33.7. The number of methoxy groups -OCH3 is 1. The van der Waals surface area contributed by atoms with E-state index in [1.54, 1.807) is 32.9 Å². The summed E-state index contributed by atoms with van der Waals surface area (Å²) < 4.78 is 36.0. The van der Waals surface area contributed by atoms with Crippen LogP contribution in [0.2, 0.25) is 0 Å². The summed E-state index contributed by atoms with van der Waals surface area (Å²) in [6.07, 6.45) is -0.398. The Bertz CT molecular complexity index is 1650. The van der Waals surface area contributed by atoms with Gasteiger partial charge in [0, 0.05) is 34.3 Å². The number of rotatable bonds is 5. The maximum absolute atomic E-state index is 13.5.